The van der Waals surface area contributed by atoms with E-state index in [-0.39, 0.29) is 60.4 Å². The molecule has 0 aliphatic carbocycles. The van der Waals surface area contributed by atoms with Crippen LogP contribution in [0.1, 0.15) is 88.9 Å². The summed E-state index contributed by atoms with van der Waals surface area (Å²) < 4.78 is 51.0. The number of rotatable bonds is 12. The fourth-order valence-corrected chi connectivity index (χ4v) is 7.87. The van der Waals surface area contributed by atoms with Gasteiger partial charge < -0.3 is 37.9 Å². The number of ether oxygens (including phenoxy) is 8. The summed E-state index contributed by atoms with van der Waals surface area (Å²) in [4.78, 5) is 26.5. The van der Waals surface area contributed by atoms with Crippen LogP contribution in [-0.2, 0) is 37.9 Å². The molecule has 10 heteroatoms. The molecule has 5 rings (SSSR count). The van der Waals surface area contributed by atoms with E-state index in [1.807, 2.05) is 43.3 Å². The minimum Gasteiger partial charge on any atom is -0.453 e. The van der Waals surface area contributed by atoms with Gasteiger partial charge in [-0.05, 0) is 48.9 Å². The summed E-state index contributed by atoms with van der Waals surface area (Å²) in [5.41, 5.74) is 0.950. The molecule has 15 unspecified atom stereocenters. The van der Waals surface area contributed by atoms with Crippen LogP contribution in [0.15, 0.2) is 60.7 Å². The lowest BCUT2D eigenvalue weighted by molar-refractivity contribution is -0.336. The van der Waals surface area contributed by atoms with Crippen LogP contribution < -0.4 is 0 Å². The fourth-order valence-electron chi connectivity index (χ4n) is 7.87. The van der Waals surface area contributed by atoms with Crippen LogP contribution in [0, 0.1) is 35.5 Å². The lowest BCUT2D eigenvalue weighted by atomic mass is 9.81. The fraction of sp³-hybridized carbons (Fsp3) is 0.659. The summed E-state index contributed by atoms with van der Waals surface area (Å²) in [5, 5.41) is 0. The van der Waals surface area contributed by atoms with E-state index in [0.29, 0.717) is 11.1 Å². The topological polar surface area (TPSA) is 108 Å². The van der Waals surface area contributed by atoms with Gasteiger partial charge in [0, 0.05) is 30.8 Å². The second-order valence-electron chi connectivity index (χ2n) is 14.7. The Balaban J connectivity index is 1.33. The third-order valence-corrected chi connectivity index (χ3v) is 11.6. The Morgan fingerprint density at radius 2 is 1.00 bits per heavy atom. The molecule has 51 heavy (non-hydrogen) atoms. The molecule has 15 atom stereocenters. The maximum atomic E-state index is 13.3. The molecule has 282 valence electrons. The molecule has 3 heterocycles. The molecule has 3 saturated heterocycles. The Kier molecular flexibility index (Phi) is 13.7. The van der Waals surface area contributed by atoms with Gasteiger partial charge in [0.1, 0.15) is 0 Å². The van der Waals surface area contributed by atoms with Crippen molar-refractivity contribution in [3.8, 4) is 0 Å². The van der Waals surface area contributed by atoms with Crippen molar-refractivity contribution in [3.63, 3.8) is 0 Å². The van der Waals surface area contributed by atoms with E-state index >= 15 is 0 Å². The zero-order chi connectivity index (χ0) is 36.8. The quantitative estimate of drug-likeness (QED) is 0.208. The van der Waals surface area contributed by atoms with E-state index in [1.54, 1.807) is 31.4 Å². The molecular weight excluding hydrogens is 652 g/mol. The minimum absolute atomic E-state index is 0.0104. The predicted molar refractivity (Wildman–Crippen MR) is 191 cm³/mol. The molecule has 0 spiro atoms. The normalized spacial score (nSPS) is 38.5. The van der Waals surface area contributed by atoms with Gasteiger partial charge in [-0.1, -0.05) is 91.8 Å². The van der Waals surface area contributed by atoms with Crippen molar-refractivity contribution in [1.29, 1.82) is 0 Å². The highest BCUT2D eigenvalue weighted by Gasteiger charge is 2.50. The molecule has 0 saturated carbocycles. The number of benzene rings is 2. The Bertz CT molecular complexity index is 1390. The van der Waals surface area contributed by atoms with E-state index < -0.39 is 49.1 Å². The van der Waals surface area contributed by atoms with Crippen molar-refractivity contribution in [2.75, 3.05) is 13.7 Å². The average Bonchev–Trinajstić information content (AvgIpc) is 3.15. The van der Waals surface area contributed by atoms with Crippen LogP contribution in [-0.4, -0.2) is 81.1 Å². The lowest BCUT2D eigenvalue weighted by Gasteiger charge is -2.49. The van der Waals surface area contributed by atoms with E-state index in [0.717, 1.165) is 12.8 Å². The molecular formula is C41H58O10. The number of hydrogen-bond acceptors (Lipinski definition) is 10. The second-order valence-corrected chi connectivity index (χ2v) is 14.7. The van der Waals surface area contributed by atoms with E-state index in [9.17, 15) is 9.59 Å². The summed E-state index contributed by atoms with van der Waals surface area (Å²) in [5.74, 6) is -0.908. The van der Waals surface area contributed by atoms with E-state index in [4.69, 9.17) is 37.9 Å². The van der Waals surface area contributed by atoms with Gasteiger partial charge in [0.25, 0.3) is 0 Å². The highest BCUT2D eigenvalue weighted by Crippen LogP contribution is 2.41. The zero-order valence-corrected chi connectivity index (χ0v) is 31.6. The first kappa shape index (κ1) is 39.3. The minimum atomic E-state index is -0.794. The van der Waals surface area contributed by atoms with Crippen molar-refractivity contribution in [2.24, 2.45) is 35.5 Å². The average molecular weight is 711 g/mol. The number of carbonyl (C=O) groups excluding carboxylic acids is 2. The standard InChI is InChI=1S/C41H58O10/c1-10-31-23(3)25(5)35(49-37(42)29-18-14-12-15-19-29)40(46-31)45-22-33-27(7)34(28(8)39(44-9)48-33)51-41-36(26(6)24(4)32(11-2)47-41)50-38(43)30-20-16-13-17-21-30/h12-21,23-28,31-36,39-41H,10-11,22H2,1-9H3. The summed E-state index contributed by atoms with van der Waals surface area (Å²) in [6, 6.07) is 17.9. The van der Waals surface area contributed by atoms with Gasteiger partial charge in [-0.15, -0.1) is 0 Å². The third kappa shape index (κ3) is 8.86. The van der Waals surface area contributed by atoms with Gasteiger partial charge in [0.2, 0.25) is 0 Å². The smallest absolute Gasteiger partial charge is 0.338 e. The monoisotopic (exact) mass is 710 g/mol. The first-order valence-corrected chi connectivity index (χ1v) is 18.8. The van der Waals surface area contributed by atoms with Crippen LogP contribution in [0.25, 0.3) is 0 Å². The lowest BCUT2D eigenvalue weighted by Crippen LogP contribution is -2.58. The summed E-state index contributed by atoms with van der Waals surface area (Å²) >= 11 is 0. The number of esters is 2. The molecule has 3 aliphatic heterocycles. The number of methoxy groups -OCH3 is 1. The molecule has 10 nitrogen and oxygen atoms in total. The molecule has 0 amide bonds. The summed E-state index contributed by atoms with van der Waals surface area (Å²) in [6.45, 7) is 16.9. The highest BCUT2D eigenvalue weighted by molar-refractivity contribution is 5.90. The van der Waals surface area contributed by atoms with Crippen molar-refractivity contribution in [3.05, 3.63) is 71.8 Å². The van der Waals surface area contributed by atoms with E-state index in [2.05, 4.69) is 48.5 Å². The Labute approximate surface area is 303 Å². The first-order chi connectivity index (χ1) is 24.5. The molecule has 0 N–H and O–H groups in total. The van der Waals surface area contributed by atoms with Crippen LogP contribution in [0.3, 0.4) is 0 Å². The maximum absolute atomic E-state index is 13.3. The SMILES string of the molecule is CCC1OC(OCC2OC(OC)C(C)C(OC3OC(CC)C(C)C(C)C3OC(=O)c3ccccc3)C2C)C(OC(=O)c2ccccc2)C(C)C1C. The van der Waals surface area contributed by atoms with Gasteiger partial charge in [0.05, 0.1) is 42.1 Å². The van der Waals surface area contributed by atoms with Gasteiger partial charge in [-0.2, -0.15) is 0 Å². The van der Waals surface area contributed by atoms with Gasteiger partial charge in [-0.3, -0.25) is 0 Å². The molecule has 3 aliphatic rings. The highest BCUT2D eigenvalue weighted by atomic mass is 16.7. The Morgan fingerprint density at radius 1 is 0.549 bits per heavy atom. The van der Waals surface area contributed by atoms with Crippen LogP contribution >= 0.6 is 0 Å². The Morgan fingerprint density at radius 3 is 1.47 bits per heavy atom. The number of carbonyl (C=O) groups is 2. The van der Waals surface area contributed by atoms with Crippen LogP contribution in [0.2, 0.25) is 0 Å². The molecule has 0 radical (unpaired) electrons. The van der Waals surface area contributed by atoms with E-state index in [1.165, 1.54) is 0 Å². The Hall–Kier alpha value is -2.86. The largest absolute Gasteiger partial charge is 0.453 e. The molecule has 2 aromatic rings. The van der Waals surface area contributed by atoms with Crippen molar-refractivity contribution in [1.82, 2.24) is 0 Å². The van der Waals surface area contributed by atoms with Crippen LogP contribution in [0.4, 0.5) is 0 Å². The molecule has 3 fully saturated rings. The van der Waals surface area contributed by atoms with Crippen molar-refractivity contribution >= 4 is 11.9 Å². The molecule has 0 aromatic heterocycles. The zero-order valence-electron chi connectivity index (χ0n) is 31.6. The van der Waals surface area contributed by atoms with Gasteiger partial charge in [-0.25, -0.2) is 9.59 Å². The summed E-state index contributed by atoms with van der Waals surface area (Å²) in [7, 11) is 1.61. The summed E-state index contributed by atoms with van der Waals surface area (Å²) in [6.07, 6.45) is -2.78. The van der Waals surface area contributed by atoms with Gasteiger partial charge >= 0.3 is 11.9 Å². The van der Waals surface area contributed by atoms with Crippen molar-refractivity contribution in [2.45, 2.75) is 124 Å². The maximum Gasteiger partial charge on any atom is 0.338 e. The van der Waals surface area contributed by atoms with Crippen LogP contribution in [0.5, 0.6) is 0 Å². The molecule has 2 aromatic carbocycles. The first-order valence-electron chi connectivity index (χ1n) is 18.8. The van der Waals surface area contributed by atoms with Gasteiger partial charge in [0.15, 0.2) is 31.1 Å². The number of hydrogen-bond donors (Lipinski definition) is 0. The second kappa shape index (κ2) is 17.8. The molecule has 0 bridgehead atoms. The third-order valence-electron chi connectivity index (χ3n) is 11.6. The van der Waals surface area contributed by atoms with Crippen molar-refractivity contribution < 1.29 is 47.5 Å². The predicted octanol–water partition coefficient (Wildman–Crippen LogP) is 7.30.